The van der Waals surface area contributed by atoms with Gasteiger partial charge in [-0.05, 0) is 11.8 Å². The van der Waals surface area contributed by atoms with Gasteiger partial charge in [0.25, 0.3) is 5.69 Å². The Kier molecular flexibility index (Phi) is 2.80. The summed E-state index contributed by atoms with van der Waals surface area (Å²) >= 11 is 0. The Labute approximate surface area is 110 Å². The second-order valence-corrected chi connectivity index (χ2v) is 5.02. The number of fused-ring (bicyclic) bond motifs is 1. The molecule has 0 aliphatic carbocycles. The van der Waals surface area contributed by atoms with Crippen LogP contribution >= 0.6 is 0 Å². The topological polar surface area (TPSA) is 95.1 Å². The molecule has 19 heavy (non-hydrogen) atoms. The molecule has 2 aliphatic rings. The molecule has 3 heterocycles. The van der Waals surface area contributed by atoms with E-state index < -0.39 is 4.92 Å². The number of anilines is 1. The minimum Gasteiger partial charge on any atom is -0.355 e. The van der Waals surface area contributed by atoms with E-state index in [2.05, 4.69) is 15.2 Å². The van der Waals surface area contributed by atoms with E-state index in [1.807, 2.05) is 6.07 Å². The maximum absolute atomic E-state index is 10.7. The Hall–Kier alpha value is -2.20. The van der Waals surface area contributed by atoms with Gasteiger partial charge in [-0.25, -0.2) is 4.98 Å². The smallest absolute Gasteiger partial charge is 0.289 e. The number of rotatable bonds is 2. The molecular formula is C12H13N5O2. The summed E-state index contributed by atoms with van der Waals surface area (Å²) in [7, 11) is 0. The average molecular weight is 259 g/mol. The van der Waals surface area contributed by atoms with Crippen LogP contribution < -0.4 is 10.2 Å². The Balaban J connectivity index is 1.89. The first kappa shape index (κ1) is 11.9. The van der Waals surface area contributed by atoms with Crippen molar-refractivity contribution in [3.05, 3.63) is 27.9 Å². The maximum atomic E-state index is 10.7. The first-order valence-electron chi connectivity index (χ1n) is 6.19. The predicted octanol–water partition coefficient (Wildman–Crippen LogP) is 0.517. The molecule has 7 heteroatoms. The monoisotopic (exact) mass is 259 g/mol. The summed E-state index contributed by atoms with van der Waals surface area (Å²) in [5.74, 6) is 1.74. The van der Waals surface area contributed by atoms with Gasteiger partial charge in [-0.2, -0.15) is 5.26 Å². The molecule has 0 saturated carbocycles. The number of nitrogens with one attached hydrogen (secondary N) is 1. The summed E-state index contributed by atoms with van der Waals surface area (Å²) in [4.78, 5) is 16.4. The summed E-state index contributed by atoms with van der Waals surface area (Å²) in [5.41, 5.74) is 0.142. The van der Waals surface area contributed by atoms with E-state index in [-0.39, 0.29) is 11.3 Å². The highest BCUT2D eigenvalue weighted by molar-refractivity contribution is 5.58. The van der Waals surface area contributed by atoms with Gasteiger partial charge in [0.15, 0.2) is 0 Å². The largest absolute Gasteiger partial charge is 0.355 e. The van der Waals surface area contributed by atoms with Crippen molar-refractivity contribution >= 4 is 11.5 Å². The third-order valence-electron chi connectivity index (χ3n) is 3.87. The standard InChI is InChI=1S/C12H13N5O2/c13-2-8-1-11(17(18)19)5-15-12(8)16-6-9-3-14-4-10(9)7-16/h1,5,9-10,14H,3-4,6-7H2/t9-,10+. The van der Waals surface area contributed by atoms with Gasteiger partial charge in [0.05, 0.1) is 4.92 Å². The fourth-order valence-electron chi connectivity index (χ4n) is 2.91. The zero-order valence-electron chi connectivity index (χ0n) is 10.2. The predicted molar refractivity (Wildman–Crippen MR) is 67.7 cm³/mol. The van der Waals surface area contributed by atoms with Gasteiger partial charge in [0.1, 0.15) is 23.6 Å². The second-order valence-electron chi connectivity index (χ2n) is 5.02. The summed E-state index contributed by atoms with van der Waals surface area (Å²) in [5, 5.41) is 23.2. The molecule has 2 saturated heterocycles. The molecule has 1 N–H and O–H groups in total. The van der Waals surface area contributed by atoms with Crippen molar-refractivity contribution in [3.63, 3.8) is 0 Å². The Morgan fingerprint density at radius 3 is 2.74 bits per heavy atom. The fraction of sp³-hybridized carbons (Fsp3) is 0.500. The number of nitro groups is 1. The van der Waals surface area contributed by atoms with E-state index in [0.717, 1.165) is 26.2 Å². The SMILES string of the molecule is N#Cc1cc([N+](=O)[O-])cnc1N1C[C@H]2CNC[C@H]2C1. The molecule has 0 spiro atoms. The molecule has 0 amide bonds. The zero-order valence-corrected chi connectivity index (χ0v) is 10.2. The van der Waals surface area contributed by atoms with Gasteiger partial charge in [-0.3, -0.25) is 10.1 Å². The number of hydrogen-bond acceptors (Lipinski definition) is 6. The van der Waals surface area contributed by atoms with Crippen LogP contribution in [-0.2, 0) is 0 Å². The van der Waals surface area contributed by atoms with Gasteiger partial charge in [-0.15, -0.1) is 0 Å². The quantitative estimate of drug-likeness (QED) is 0.614. The van der Waals surface area contributed by atoms with Gasteiger partial charge in [0, 0.05) is 32.2 Å². The third kappa shape index (κ3) is 2.00. The molecule has 2 aliphatic heterocycles. The van der Waals surface area contributed by atoms with Crippen LogP contribution in [0.3, 0.4) is 0 Å². The van der Waals surface area contributed by atoms with Crippen molar-refractivity contribution < 1.29 is 4.92 Å². The first-order valence-corrected chi connectivity index (χ1v) is 6.19. The molecule has 0 bridgehead atoms. The Morgan fingerprint density at radius 1 is 1.47 bits per heavy atom. The number of hydrogen-bond donors (Lipinski definition) is 1. The number of nitriles is 1. The van der Waals surface area contributed by atoms with Crippen molar-refractivity contribution in [2.45, 2.75) is 0 Å². The summed E-state index contributed by atoms with van der Waals surface area (Å²) < 4.78 is 0. The Bertz CT molecular complexity index is 556. The van der Waals surface area contributed by atoms with Gasteiger partial charge < -0.3 is 10.2 Å². The van der Waals surface area contributed by atoms with Crippen molar-refractivity contribution in [3.8, 4) is 6.07 Å². The lowest BCUT2D eigenvalue weighted by Crippen LogP contribution is -2.26. The van der Waals surface area contributed by atoms with E-state index in [1.165, 1.54) is 12.3 Å². The van der Waals surface area contributed by atoms with E-state index in [9.17, 15) is 10.1 Å². The molecule has 0 radical (unpaired) electrons. The fourth-order valence-corrected chi connectivity index (χ4v) is 2.91. The van der Waals surface area contributed by atoms with Crippen molar-refractivity contribution in [1.82, 2.24) is 10.3 Å². The minimum absolute atomic E-state index is 0.138. The third-order valence-corrected chi connectivity index (χ3v) is 3.87. The molecule has 0 aromatic carbocycles. The highest BCUT2D eigenvalue weighted by Crippen LogP contribution is 2.31. The molecule has 7 nitrogen and oxygen atoms in total. The lowest BCUT2D eigenvalue weighted by atomic mass is 10.0. The van der Waals surface area contributed by atoms with Crippen LogP contribution in [0, 0.1) is 33.3 Å². The summed E-state index contributed by atoms with van der Waals surface area (Å²) in [6, 6.07) is 3.31. The first-order chi connectivity index (χ1) is 9.19. The highest BCUT2D eigenvalue weighted by Gasteiger charge is 2.37. The molecule has 0 unspecified atom stereocenters. The minimum atomic E-state index is -0.528. The molecule has 98 valence electrons. The summed E-state index contributed by atoms with van der Waals surface area (Å²) in [6.45, 7) is 3.71. The van der Waals surface area contributed by atoms with Gasteiger partial charge in [0.2, 0.25) is 0 Å². The van der Waals surface area contributed by atoms with Crippen LogP contribution in [0.5, 0.6) is 0 Å². The lowest BCUT2D eigenvalue weighted by Gasteiger charge is -2.19. The number of aromatic nitrogens is 1. The number of nitrogens with zero attached hydrogens (tertiary/aromatic N) is 4. The van der Waals surface area contributed by atoms with E-state index in [4.69, 9.17) is 5.26 Å². The van der Waals surface area contributed by atoms with E-state index in [1.54, 1.807) is 0 Å². The Morgan fingerprint density at radius 2 is 2.16 bits per heavy atom. The highest BCUT2D eigenvalue weighted by atomic mass is 16.6. The zero-order chi connectivity index (χ0) is 13.4. The van der Waals surface area contributed by atoms with E-state index >= 15 is 0 Å². The van der Waals surface area contributed by atoms with Crippen LogP contribution in [0.4, 0.5) is 11.5 Å². The maximum Gasteiger partial charge on any atom is 0.289 e. The van der Waals surface area contributed by atoms with Gasteiger partial charge in [-0.1, -0.05) is 0 Å². The molecular weight excluding hydrogens is 246 g/mol. The van der Waals surface area contributed by atoms with Crippen molar-refractivity contribution in [1.29, 1.82) is 5.26 Å². The molecule has 1 aromatic heterocycles. The van der Waals surface area contributed by atoms with Crippen LogP contribution in [0.2, 0.25) is 0 Å². The van der Waals surface area contributed by atoms with E-state index in [0.29, 0.717) is 17.7 Å². The van der Waals surface area contributed by atoms with Crippen LogP contribution in [0.1, 0.15) is 5.56 Å². The van der Waals surface area contributed by atoms with Crippen molar-refractivity contribution in [2.24, 2.45) is 11.8 Å². The average Bonchev–Trinajstić information content (AvgIpc) is 2.98. The molecule has 1 aromatic rings. The second kappa shape index (κ2) is 4.48. The van der Waals surface area contributed by atoms with Gasteiger partial charge >= 0.3 is 0 Å². The van der Waals surface area contributed by atoms with Crippen LogP contribution in [0.15, 0.2) is 12.3 Å². The van der Waals surface area contributed by atoms with Crippen LogP contribution in [-0.4, -0.2) is 36.1 Å². The normalized spacial score (nSPS) is 25.1. The summed E-state index contributed by atoms with van der Waals surface area (Å²) in [6.07, 6.45) is 1.22. The van der Waals surface area contributed by atoms with Crippen molar-refractivity contribution in [2.75, 3.05) is 31.1 Å². The molecule has 2 fully saturated rings. The molecule has 2 atom stereocenters. The lowest BCUT2D eigenvalue weighted by molar-refractivity contribution is -0.385. The van der Waals surface area contributed by atoms with Crippen LogP contribution in [0.25, 0.3) is 0 Å². The number of pyridine rings is 1. The molecule has 3 rings (SSSR count).